The first kappa shape index (κ1) is 20.9. The van der Waals surface area contributed by atoms with E-state index in [4.69, 9.17) is 9.47 Å². The molecular formula is C23H32N4O3. The van der Waals surface area contributed by atoms with Crippen molar-refractivity contribution in [3.63, 3.8) is 0 Å². The van der Waals surface area contributed by atoms with Gasteiger partial charge < -0.3 is 24.8 Å². The molecule has 4 rings (SSSR count). The van der Waals surface area contributed by atoms with E-state index in [-0.39, 0.29) is 12.0 Å². The number of aliphatic hydroxyl groups excluding tert-OH is 1. The summed E-state index contributed by atoms with van der Waals surface area (Å²) in [6.45, 7) is 4.37. The zero-order valence-corrected chi connectivity index (χ0v) is 17.7. The number of ether oxygens (including phenoxy) is 2. The number of anilines is 2. The lowest BCUT2D eigenvalue weighted by atomic mass is 9.74. The molecule has 0 amide bonds. The number of aromatic nitrogens is 2. The fraction of sp³-hybridized carbons (Fsp3) is 0.565. The highest BCUT2D eigenvalue weighted by Crippen LogP contribution is 2.36. The Hall–Kier alpha value is -2.38. The third kappa shape index (κ3) is 4.68. The van der Waals surface area contributed by atoms with Gasteiger partial charge in [0, 0.05) is 50.9 Å². The van der Waals surface area contributed by atoms with E-state index in [1.54, 1.807) is 13.4 Å². The van der Waals surface area contributed by atoms with E-state index in [0.29, 0.717) is 5.92 Å². The Labute approximate surface area is 178 Å². The van der Waals surface area contributed by atoms with Crippen LogP contribution in [-0.2, 0) is 10.2 Å². The van der Waals surface area contributed by atoms with Gasteiger partial charge in [-0.05, 0) is 49.3 Å². The topological polar surface area (TPSA) is 79.7 Å². The lowest BCUT2D eigenvalue weighted by Gasteiger charge is -2.38. The van der Waals surface area contributed by atoms with Gasteiger partial charge in [0.25, 0.3) is 0 Å². The number of nitrogens with one attached hydrogen (secondary N) is 1. The van der Waals surface area contributed by atoms with Gasteiger partial charge in [-0.3, -0.25) is 0 Å². The summed E-state index contributed by atoms with van der Waals surface area (Å²) in [5.41, 5.74) is 1.30. The van der Waals surface area contributed by atoms with E-state index >= 15 is 0 Å². The summed E-state index contributed by atoms with van der Waals surface area (Å²) in [7, 11) is 1.69. The molecule has 0 saturated carbocycles. The van der Waals surface area contributed by atoms with Gasteiger partial charge in [0.15, 0.2) is 0 Å². The largest absolute Gasteiger partial charge is 0.497 e. The molecule has 7 heteroatoms. The monoisotopic (exact) mass is 412 g/mol. The Kier molecular flexibility index (Phi) is 6.69. The maximum atomic E-state index is 9.52. The molecule has 30 heavy (non-hydrogen) atoms. The van der Waals surface area contributed by atoms with Crippen LogP contribution in [0, 0.1) is 5.92 Å². The summed E-state index contributed by atoms with van der Waals surface area (Å²) in [5, 5.41) is 13.1. The Morgan fingerprint density at radius 2 is 2.03 bits per heavy atom. The van der Waals surface area contributed by atoms with Crippen LogP contribution in [-0.4, -0.2) is 61.6 Å². The van der Waals surface area contributed by atoms with Crippen molar-refractivity contribution < 1.29 is 14.6 Å². The van der Waals surface area contributed by atoms with E-state index in [1.807, 2.05) is 18.2 Å². The number of rotatable bonds is 7. The van der Waals surface area contributed by atoms with E-state index in [1.165, 1.54) is 5.56 Å². The number of hydrogen-bond donors (Lipinski definition) is 2. The minimum atomic E-state index is 0.00272. The van der Waals surface area contributed by atoms with Crippen LogP contribution < -0.4 is 15.0 Å². The summed E-state index contributed by atoms with van der Waals surface area (Å²) in [4.78, 5) is 11.2. The van der Waals surface area contributed by atoms with Crippen LogP contribution in [0.1, 0.15) is 31.2 Å². The molecule has 1 atom stereocenters. The molecule has 2 saturated heterocycles. The van der Waals surface area contributed by atoms with Crippen molar-refractivity contribution in [1.82, 2.24) is 9.97 Å². The number of hydrogen-bond acceptors (Lipinski definition) is 7. The van der Waals surface area contributed by atoms with E-state index < -0.39 is 0 Å². The van der Waals surface area contributed by atoms with Gasteiger partial charge in [-0.25, -0.2) is 9.97 Å². The Bertz CT molecular complexity index is 808. The van der Waals surface area contributed by atoms with E-state index in [2.05, 4.69) is 32.3 Å². The third-order valence-electron chi connectivity index (χ3n) is 6.51. The normalized spacial score (nSPS) is 21.3. The fourth-order valence-electron chi connectivity index (χ4n) is 4.57. The van der Waals surface area contributed by atoms with Crippen LogP contribution in [0.5, 0.6) is 5.75 Å². The van der Waals surface area contributed by atoms with Gasteiger partial charge in [0.05, 0.1) is 7.11 Å². The zero-order chi connectivity index (χ0) is 20.8. The van der Waals surface area contributed by atoms with Crippen LogP contribution in [0.25, 0.3) is 0 Å². The maximum absolute atomic E-state index is 9.52. The molecule has 1 aromatic heterocycles. The van der Waals surface area contributed by atoms with Gasteiger partial charge in [-0.15, -0.1) is 0 Å². The molecule has 1 unspecified atom stereocenters. The summed E-state index contributed by atoms with van der Waals surface area (Å²) in [5.74, 6) is 2.96. The van der Waals surface area contributed by atoms with Crippen molar-refractivity contribution >= 4 is 11.6 Å². The highest BCUT2D eigenvalue weighted by molar-refractivity contribution is 5.49. The summed E-state index contributed by atoms with van der Waals surface area (Å²) in [6, 6.07) is 10.4. The van der Waals surface area contributed by atoms with Crippen molar-refractivity contribution in [1.29, 1.82) is 0 Å². The third-order valence-corrected chi connectivity index (χ3v) is 6.51. The van der Waals surface area contributed by atoms with Gasteiger partial charge in [0.1, 0.15) is 23.7 Å². The van der Waals surface area contributed by atoms with Crippen LogP contribution in [0.2, 0.25) is 0 Å². The smallest absolute Gasteiger partial charge is 0.134 e. The van der Waals surface area contributed by atoms with Crippen molar-refractivity contribution in [3.8, 4) is 5.75 Å². The molecule has 0 spiro atoms. The highest BCUT2D eigenvalue weighted by Gasteiger charge is 2.34. The molecule has 2 aliphatic rings. The molecule has 0 bridgehead atoms. The van der Waals surface area contributed by atoms with Crippen molar-refractivity contribution in [2.24, 2.45) is 5.92 Å². The number of piperidine rings is 1. The molecule has 2 N–H and O–H groups in total. The molecule has 0 radical (unpaired) electrons. The quantitative estimate of drug-likeness (QED) is 0.724. The summed E-state index contributed by atoms with van der Waals surface area (Å²) >= 11 is 0. The standard InChI is InChI=1S/C23H32N4O3/c1-29-20-6-4-19(5-7-20)23(8-11-30-12-9-23)16-24-21-13-22(26-17-25-21)27-10-2-3-18(14-27)15-28/h4-7,13,17-18,28H,2-3,8-12,14-16H2,1H3,(H,24,25,26). The van der Waals surface area contributed by atoms with E-state index in [9.17, 15) is 5.11 Å². The average molecular weight is 413 g/mol. The number of nitrogens with zero attached hydrogens (tertiary/aromatic N) is 3. The van der Waals surface area contributed by atoms with Crippen molar-refractivity contribution in [3.05, 3.63) is 42.2 Å². The number of benzene rings is 1. The Balaban J connectivity index is 1.48. The highest BCUT2D eigenvalue weighted by atomic mass is 16.5. The van der Waals surface area contributed by atoms with Crippen LogP contribution in [0.3, 0.4) is 0 Å². The minimum absolute atomic E-state index is 0.00272. The first-order valence-electron chi connectivity index (χ1n) is 10.9. The molecule has 162 valence electrons. The number of aliphatic hydroxyl groups is 1. The summed E-state index contributed by atoms with van der Waals surface area (Å²) in [6.07, 6.45) is 5.72. The summed E-state index contributed by atoms with van der Waals surface area (Å²) < 4.78 is 11.0. The SMILES string of the molecule is COc1ccc(C2(CNc3cc(N4CCCC(CO)C4)ncn3)CCOCC2)cc1. The van der Waals surface area contributed by atoms with Gasteiger partial charge in [0.2, 0.25) is 0 Å². The van der Waals surface area contributed by atoms with Crippen LogP contribution in [0.15, 0.2) is 36.7 Å². The maximum Gasteiger partial charge on any atom is 0.134 e. The predicted octanol–water partition coefficient (Wildman–Crippen LogP) is 2.85. The second-order valence-corrected chi connectivity index (χ2v) is 8.37. The fourth-order valence-corrected chi connectivity index (χ4v) is 4.57. The van der Waals surface area contributed by atoms with Gasteiger partial charge >= 0.3 is 0 Å². The second kappa shape index (κ2) is 9.62. The molecule has 3 heterocycles. The molecule has 2 aliphatic heterocycles. The predicted molar refractivity (Wildman–Crippen MR) is 117 cm³/mol. The Morgan fingerprint density at radius 1 is 1.23 bits per heavy atom. The first-order chi connectivity index (χ1) is 14.7. The lowest BCUT2D eigenvalue weighted by molar-refractivity contribution is 0.0543. The minimum Gasteiger partial charge on any atom is -0.497 e. The molecule has 2 aromatic rings. The Morgan fingerprint density at radius 3 is 2.77 bits per heavy atom. The van der Waals surface area contributed by atoms with Crippen LogP contribution >= 0.6 is 0 Å². The first-order valence-corrected chi connectivity index (χ1v) is 10.9. The van der Waals surface area contributed by atoms with Crippen molar-refractivity contribution in [2.75, 3.05) is 56.8 Å². The van der Waals surface area contributed by atoms with E-state index in [0.717, 1.165) is 75.9 Å². The molecule has 7 nitrogen and oxygen atoms in total. The van der Waals surface area contributed by atoms with Gasteiger partial charge in [-0.2, -0.15) is 0 Å². The van der Waals surface area contributed by atoms with Crippen LogP contribution in [0.4, 0.5) is 11.6 Å². The zero-order valence-electron chi connectivity index (χ0n) is 17.7. The molecular weight excluding hydrogens is 380 g/mol. The molecule has 1 aromatic carbocycles. The second-order valence-electron chi connectivity index (χ2n) is 8.37. The van der Waals surface area contributed by atoms with Gasteiger partial charge in [-0.1, -0.05) is 12.1 Å². The lowest BCUT2D eigenvalue weighted by Crippen LogP contribution is -2.40. The molecule has 2 fully saturated rings. The number of methoxy groups -OCH3 is 1. The van der Waals surface area contributed by atoms with Crippen molar-refractivity contribution in [2.45, 2.75) is 31.1 Å². The molecule has 0 aliphatic carbocycles. The average Bonchev–Trinajstić information content (AvgIpc) is 2.83.